The molecule has 0 saturated heterocycles. The summed E-state index contributed by atoms with van der Waals surface area (Å²) in [6.45, 7) is 3.74. The van der Waals surface area contributed by atoms with Gasteiger partial charge in [-0.1, -0.05) is 26.0 Å². The molecule has 0 fully saturated rings. The Morgan fingerprint density at radius 3 is 2.69 bits per heavy atom. The van der Waals surface area contributed by atoms with Crippen LogP contribution in [0.5, 0.6) is 0 Å². The highest BCUT2D eigenvalue weighted by Gasteiger charge is 2.21. The topological polar surface area (TPSA) is 37.3 Å². The molecule has 1 atom stereocenters. The van der Waals surface area contributed by atoms with Crippen molar-refractivity contribution >= 4 is 17.7 Å². The molecule has 0 saturated carbocycles. The van der Waals surface area contributed by atoms with E-state index in [2.05, 4.69) is 0 Å². The van der Waals surface area contributed by atoms with E-state index in [-0.39, 0.29) is 11.7 Å². The monoisotopic (exact) mass is 242 g/mol. The minimum Gasteiger partial charge on any atom is -0.480 e. The van der Waals surface area contributed by atoms with Crippen LogP contribution in [0.3, 0.4) is 0 Å². The van der Waals surface area contributed by atoms with Crippen LogP contribution in [0.25, 0.3) is 0 Å². The van der Waals surface area contributed by atoms with E-state index in [9.17, 15) is 9.18 Å². The van der Waals surface area contributed by atoms with Crippen molar-refractivity contribution in [2.24, 2.45) is 5.92 Å². The molecule has 0 radical (unpaired) electrons. The number of thioether (sulfide) groups is 1. The predicted octanol–water partition coefficient (Wildman–Crippen LogP) is 3.17. The second-order valence-electron chi connectivity index (χ2n) is 3.94. The number of rotatable bonds is 5. The fraction of sp³-hybridized carbons (Fsp3) is 0.417. The summed E-state index contributed by atoms with van der Waals surface area (Å²) in [7, 11) is 0. The van der Waals surface area contributed by atoms with E-state index in [1.807, 2.05) is 13.8 Å². The highest BCUT2D eigenvalue weighted by molar-refractivity contribution is 7.99. The van der Waals surface area contributed by atoms with Gasteiger partial charge in [-0.3, -0.25) is 4.79 Å². The van der Waals surface area contributed by atoms with E-state index in [4.69, 9.17) is 5.11 Å². The van der Waals surface area contributed by atoms with Crippen LogP contribution in [-0.4, -0.2) is 16.3 Å². The quantitative estimate of drug-likeness (QED) is 0.861. The molecule has 1 aromatic rings. The summed E-state index contributed by atoms with van der Waals surface area (Å²) in [5.74, 6) is -0.505. The van der Waals surface area contributed by atoms with Gasteiger partial charge in [-0.25, -0.2) is 4.39 Å². The minimum atomic E-state index is -0.809. The van der Waals surface area contributed by atoms with Gasteiger partial charge in [0.05, 0.1) is 0 Å². The molecule has 1 rings (SSSR count). The Hall–Kier alpha value is -1.03. The van der Waals surface area contributed by atoms with Crippen LogP contribution in [0, 0.1) is 11.7 Å². The van der Waals surface area contributed by atoms with Crippen molar-refractivity contribution in [2.45, 2.75) is 24.9 Å². The minimum absolute atomic E-state index is 0.0658. The van der Waals surface area contributed by atoms with E-state index < -0.39 is 11.2 Å². The molecule has 88 valence electrons. The lowest BCUT2D eigenvalue weighted by Crippen LogP contribution is -2.22. The zero-order chi connectivity index (χ0) is 12.1. The molecule has 0 heterocycles. The molecule has 0 aliphatic rings. The number of hydrogen-bond acceptors (Lipinski definition) is 2. The molecule has 2 nitrogen and oxygen atoms in total. The van der Waals surface area contributed by atoms with Gasteiger partial charge >= 0.3 is 5.97 Å². The maximum Gasteiger partial charge on any atom is 0.316 e. The fourth-order valence-electron chi connectivity index (χ4n) is 1.36. The van der Waals surface area contributed by atoms with Crippen molar-refractivity contribution in [3.05, 3.63) is 35.6 Å². The summed E-state index contributed by atoms with van der Waals surface area (Å²) in [5, 5.41) is 8.54. The Morgan fingerprint density at radius 2 is 2.19 bits per heavy atom. The van der Waals surface area contributed by atoms with E-state index in [1.165, 1.54) is 23.9 Å². The van der Waals surface area contributed by atoms with Crippen LogP contribution in [0.2, 0.25) is 0 Å². The van der Waals surface area contributed by atoms with Crippen molar-refractivity contribution in [2.75, 3.05) is 0 Å². The largest absolute Gasteiger partial charge is 0.480 e. The van der Waals surface area contributed by atoms with Crippen molar-refractivity contribution in [3.63, 3.8) is 0 Å². The second-order valence-corrected chi connectivity index (χ2v) is 5.07. The first-order chi connectivity index (χ1) is 7.50. The van der Waals surface area contributed by atoms with Gasteiger partial charge in [-0.2, -0.15) is 0 Å². The highest BCUT2D eigenvalue weighted by Crippen LogP contribution is 2.24. The lowest BCUT2D eigenvalue weighted by molar-refractivity contribution is -0.137. The van der Waals surface area contributed by atoms with Crippen LogP contribution in [0.15, 0.2) is 24.3 Å². The van der Waals surface area contributed by atoms with E-state index in [0.717, 1.165) is 5.56 Å². The van der Waals surface area contributed by atoms with Crippen LogP contribution >= 0.6 is 11.8 Å². The molecule has 0 aliphatic carbocycles. The third kappa shape index (κ3) is 3.85. The molecule has 0 amide bonds. The second kappa shape index (κ2) is 5.89. The summed E-state index contributed by atoms with van der Waals surface area (Å²) in [4.78, 5) is 10.9. The van der Waals surface area contributed by atoms with Gasteiger partial charge in [0.15, 0.2) is 0 Å². The predicted molar refractivity (Wildman–Crippen MR) is 64.0 cm³/mol. The molecular weight excluding hydrogens is 227 g/mol. The molecular formula is C12H15FO2S. The summed E-state index contributed by atoms with van der Waals surface area (Å²) >= 11 is 1.33. The fourth-order valence-corrected chi connectivity index (χ4v) is 2.44. The van der Waals surface area contributed by atoms with Gasteiger partial charge in [0, 0.05) is 5.75 Å². The first-order valence-electron chi connectivity index (χ1n) is 5.09. The molecule has 0 bridgehead atoms. The number of hydrogen-bond donors (Lipinski definition) is 1. The summed E-state index contributed by atoms with van der Waals surface area (Å²) < 4.78 is 12.9. The number of carboxylic acids is 1. The van der Waals surface area contributed by atoms with Crippen molar-refractivity contribution < 1.29 is 14.3 Å². The average Bonchev–Trinajstić information content (AvgIpc) is 2.16. The zero-order valence-corrected chi connectivity index (χ0v) is 10.1. The molecule has 1 unspecified atom stereocenters. The maximum absolute atomic E-state index is 12.9. The third-order valence-electron chi connectivity index (χ3n) is 2.17. The van der Waals surface area contributed by atoms with Gasteiger partial charge in [-0.15, -0.1) is 11.8 Å². The average molecular weight is 242 g/mol. The van der Waals surface area contributed by atoms with E-state index in [1.54, 1.807) is 12.1 Å². The van der Waals surface area contributed by atoms with Gasteiger partial charge < -0.3 is 5.11 Å². The molecule has 0 aliphatic heterocycles. The molecule has 16 heavy (non-hydrogen) atoms. The number of carboxylic acid groups (broad SMARTS) is 1. The number of aliphatic carboxylic acids is 1. The highest BCUT2D eigenvalue weighted by atomic mass is 32.2. The molecule has 0 aromatic heterocycles. The summed E-state index contributed by atoms with van der Waals surface area (Å²) in [6, 6.07) is 6.25. The third-order valence-corrected chi connectivity index (χ3v) is 3.77. The Labute approximate surface area is 98.9 Å². The number of benzene rings is 1. The smallest absolute Gasteiger partial charge is 0.316 e. The molecule has 4 heteroatoms. The number of halogens is 1. The Bertz CT molecular complexity index is 366. The molecule has 1 N–H and O–H groups in total. The Morgan fingerprint density at radius 1 is 1.50 bits per heavy atom. The van der Waals surface area contributed by atoms with Crippen LogP contribution < -0.4 is 0 Å². The Kier molecular flexibility index (Phi) is 4.80. The summed E-state index contributed by atoms with van der Waals surface area (Å²) in [6.07, 6.45) is 0. The SMILES string of the molecule is CC(C)C(SCc1cccc(F)c1)C(=O)O. The van der Waals surface area contributed by atoms with E-state index >= 15 is 0 Å². The maximum atomic E-state index is 12.9. The van der Waals surface area contributed by atoms with Gasteiger partial charge in [0.1, 0.15) is 11.1 Å². The standard InChI is InChI=1S/C12H15FO2S/c1-8(2)11(12(14)15)16-7-9-4-3-5-10(13)6-9/h3-6,8,11H,7H2,1-2H3,(H,14,15). The van der Waals surface area contributed by atoms with Crippen LogP contribution in [-0.2, 0) is 10.5 Å². The van der Waals surface area contributed by atoms with Crippen molar-refractivity contribution in [1.82, 2.24) is 0 Å². The molecule has 1 aromatic carbocycles. The van der Waals surface area contributed by atoms with Crippen molar-refractivity contribution in [3.8, 4) is 0 Å². The summed E-state index contributed by atoms with van der Waals surface area (Å²) in [5.41, 5.74) is 0.817. The van der Waals surface area contributed by atoms with Crippen LogP contribution in [0.1, 0.15) is 19.4 Å². The first-order valence-corrected chi connectivity index (χ1v) is 6.14. The van der Waals surface area contributed by atoms with E-state index in [0.29, 0.717) is 5.75 Å². The van der Waals surface area contributed by atoms with Crippen LogP contribution in [0.4, 0.5) is 4.39 Å². The van der Waals surface area contributed by atoms with Gasteiger partial charge in [0.25, 0.3) is 0 Å². The zero-order valence-electron chi connectivity index (χ0n) is 9.31. The van der Waals surface area contributed by atoms with Crippen molar-refractivity contribution in [1.29, 1.82) is 0 Å². The van der Waals surface area contributed by atoms with Gasteiger partial charge in [-0.05, 0) is 23.6 Å². The number of carbonyl (C=O) groups is 1. The molecule has 0 spiro atoms. The van der Waals surface area contributed by atoms with Gasteiger partial charge in [0.2, 0.25) is 0 Å². The first kappa shape index (κ1) is 13.0. The normalized spacial score (nSPS) is 12.8. The Balaban J connectivity index is 2.59. The lowest BCUT2D eigenvalue weighted by Gasteiger charge is -2.15. The lowest BCUT2D eigenvalue weighted by atomic mass is 10.1.